The number of amides is 1. The number of aryl methyl sites for hydroxylation is 1. The van der Waals surface area contributed by atoms with Gasteiger partial charge in [0.15, 0.2) is 18.2 Å². The van der Waals surface area contributed by atoms with Gasteiger partial charge < -0.3 is 5.32 Å². The molecule has 0 bridgehead atoms. The summed E-state index contributed by atoms with van der Waals surface area (Å²) in [6, 6.07) is 18.3. The van der Waals surface area contributed by atoms with Crippen LogP contribution in [0.5, 0.6) is 0 Å². The van der Waals surface area contributed by atoms with E-state index in [1.807, 2.05) is 43.3 Å². The van der Waals surface area contributed by atoms with E-state index in [2.05, 4.69) is 21.2 Å². The Kier molecular flexibility index (Phi) is 5.58. The van der Waals surface area contributed by atoms with Crippen molar-refractivity contribution in [2.45, 2.75) is 13.5 Å². The fourth-order valence-corrected chi connectivity index (χ4v) is 3.14. The molecular formula is C21H18BrN2O2+. The number of rotatable bonds is 5. The van der Waals surface area contributed by atoms with Crippen LogP contribution in [0.1, 0.15) is 21.5 Å². The summed E-state index contributed by atoms with van der Waals surface area (Å²) in [4.78, 5) is 24.6. The SMILES string of the molecule is Cc1ccc(NC(=O)C[n+]2ccc(C(=O)c3ccccc3)cc2)c(Br)c1. The van der Waals surface area contributed by atoms with E-state index in [1.165, 1.54) is 0 Å². The number of carbonyl (C=O) groups is 2. The lowest BCUT2D eigenvalue weighted by molar-refractivity contribution is -0.684. The van der Waals surface area contributed by atoms with Crippen LogP contribution >= 0.6 is 15.9 Å². The van der Waals surface area contributed by atoms with E-state index in [0.29, 0.717) is 11.1 Å². The van der Waals surface area contributed by atoms with Gasteiger partial charge in [0.05, 0.1) is 5.69 Å². The molecule has 1 aromatic heterocycles. The summed E-state index contributed by atoms with van der Waals surface area (Å²) in [5.74, 6) is -0.174. The summed E-state index contributed by atoms with van der Waals surface area (Å²) in [6.07, 6.45) is 3.47. The molecular weight excluding hydrogens is 392 g/mol. The highest BCUT2D eigenvalue weighted by Crippen LogP contribution is 2.23. The largest absolute Gasteiger partial charge is 0.320 e. The standard InChI is InChI=1S/C21H17BrN2O2/c1-15-7-8-19(18(22)13-15)23-20(25)14-24-11-9-17(10-12-24)21(26)16-5-3-2-4-6-16/h2-13H,14H2,1H3/p+1. The Morgan fingerprint density at radius 3 is 2.27 bits per heavy atom. The number of halogens is 1. The van der Waals surface area contributed by atoms with Gasteiger partial charge in [-0.15, -0.1) is 0 Å². The van der Waals surface area contributed by atoms with Crippen molar-refractivity contribution < 1.29 is 14.2 Å². The second kappa shape index (κ2) is 8.06. The van der Waals surface area contributed by atoms with Gasteiger partial charge in [-0.1, -0.05) is 36.4 Å². The maximum absolute atomic E-state index is 12.4. The number of aromatic nitrogens is 1. The molecule has 1 N–H and O–H groups in total. The van der Waals surface area contributed by atoms with Crippen LogP contribution in [0.15, 0.2) is 77.5 Å². The minimum Gasteiger partial charge on any atom is -0.320 e. The molecule has 5 heteroatoms. The Balaban J connectivity index is 1.65. The molecule has 3 aromatic rings. The van der Waals surface area contributed by atoms with Crippen LogP contribution in [0.3, 0.4) is 0 Å². The molecule has 0 spiro atoms. The Hall–Kier alpha value is -2.79. The summed E-state index contributed by atoms with van der Waals surface area (Å²) in [6.45, 7) is 2.16. The van der Waals surface area contributed by atoms with Gasteiger partial charge in [-0.25, -0.2) is 0 Å². The topological polar surface area (TPSA) is 50.1 Å². The van der Waals surface area contributed by atoms with Crippen LogP contribution in [0, 0.1) is 6.92 Å². The zero-order valence-electron chi connectivity index (χ0n) is 14.3. The molecule has 0 atom stereocenters. The van der Waals surface area contributed by atoms with Crippen LogP contribution in [0.2, 0.25) is 0 Å². The van der Waals surface area contributed by atoms with E-state index in [1.54, 1.807) is 41.2 Å². The third-order valence-corrected chi connectivity index (χ3v) is 4.57. The van der Waals surface area contributed by atoms with E-state index in [9.17, 15) is 9.59 Å². The molecule has 0 saturated heterocycles. The number of hydrogen-bond acceptors (Lipinski definition) is 2. The number of anilines is 1. The lowest BCUT2D eigenvalue weighted by atomic mass is 10.0. The summed E-state index contributed by atoms with van der Waals surface area (Å²) in [7, 11) is 0. The molecule has 0 fully saturated rings. The van der Waals surface area contributed by atoms with Crippen molar-refractivity contribution >= 4 is 33.3 Å². The zero-order chi connectivity index (χ0) is 18.5. The molecule has 3 rings (SSSR count). The number of nitrogens with one attached hydrogen (secondary N) is 1. The summed E-state index contributed by atoms with van der Waals surface area (Å²) >= 11 is 3.45. The number of carbonyl (C=O) groups excluding carboxylic acids is 2. The molecule has 0 saturated carbocycles. The molecule has 2 aromatic carbocycles. The fourth-order valence-electron chi connectivity index (χ4n) is 2.55. The predicted molar refractivity (Wildman–Crippen MR) is 104 cm³/mol. The number of hydrogen-bond donors (Lipinski definition) is 1. The fraction of sp³-hybridized carbons (Fsp3) is 0.0952. The summed E-state index contributed by atoms with van der Waals surface area (Å²) in [5.41, 5.74) is 3.08. The molecule has 0 unspecified atom stereocenters. The van der Waals surface area contributed by atoms with Gasteiger partial charge in [0.1, 0.15) is 0 Å². The van der Waals surface area contributed by atoms with Crippen molar-refractivity contribution in [1.82, 2.24) is 0 Å². The van der Waals surface area contributed by atoms with Gasteiger partial charge in [0.25, 0.3) is 5.91 Å². The number of ketones is 1. The first-order valence-corrected chi connectivity index (χ1v) is 8.97. The molecule has 0 radical (unpaired) electrons. The normalized spacial score (nSPS) is 10.4. The van der Waals surface area contributed by atoms with Crippen LogP contribution < -0.4 is 9.88 Å². The van der Waals surface area contributed by atoms with Crippen molar-refractivity contribution in [2.75, 3.05) is 5.32 Å². The van der Waals surface area contributed by atoms with Crippen molar-refractivity contribution in [1.29, 1.82) is 0 Å². The molecule has 1 amide bonds. The van der Waals surface area contributed by atoms with E-state index < -0.39 is 0 Å². The Morgan fingerprint density at radius 2 is 1.62 bits per heavy atom. The third-order valence-electron chi connectivity index (χ3n) is 3.91. The van der Waals surface area contributed by atoms with Crippen LogP contribution in [-0.4, -0.2) is 11.7 Å². The van der Waals surface area contributed by atoms with Crippen LogP contribution in [-0.2, 0) is 11.3 Å². The zero-order valence-corrected chi connectivity index (χ0v) is 15.9. The molecule has 130 valence electrons. The smallest absolute Gasteiger partial charge is 0.290 e. The lowest BCUT2D eigenvalue weighted by Crippen LogP contribution is -2.39. The first-order valence-electron chi connectivity index (χ1n) is 8.18. The van der Waals surface area contributed by atoms with Crippen molar-refractivity contribution in [3.8, 4) is 0 Å². The predicted octanol–water partition coefficient (Wildman–Crippen LogP) is 3.91. The van der Waals surface area contributed by atoms with E-state index in [-0.39, 0.29) is 18.2 Å². The molecule has 26 heavy (non-hydrogen) atoms. The van der Waals surface area contributed by atoms with Gasteiger partial charge in [-0.05, 0) is 40.5 Å². The van der Waals surface area contributed by atoms with Crippen LogP contribution in [0.4, 0.5) is 5.69 Å². The van der Waals surface area contributed by atoms with Crippen molar-refractivity contribution in [2.24, 2.45) is 0 Å². The number of pyridine rings is 1. The second-order valence-corrected chi connectivity index (χ2v) is 6.84. The van der Waals surface area contributed by atoms with Crippen molar-refractivity contribution in [3.63, 3.8) is 0 Å². The van der Waals surface area contributed by atoms with Gasteiger partial charge in [-0.2, -0.15) is 4.57 Å². The van der Waals surface area contributed by atoms with Gasteiger partial charge >= 0.3 is 0 Å². The van der Waals surface area contributed by atoms with Gasteiger partial charge in [0.2, 0.25) is 6.54 Å². The van der Waals surface area contributed by atoms with E-state index in [0.717, 1.165) is 15.7 Å². The van der Waals surface area contributed by atoms with Gasteiger partial charge in [-0.3, -0.25) is 9.59 Å². The molecule has 0 aliphatic carbocycles. The summed E-state index contributed by atoms with van der Waals surface area (Å²) < 4.78 is 2.58. The lowest BCUT2D eigenvalue weighted by Gasteiger charge is -2.06. The molecule has 4 nitrogen and oxygen atoms in total. The Bertz CT molecular complexity index is 938. The maximum atomic E-state index is 12.4. The molecule has 0 aliphatic heterocycles. The number of benzene rings is 2. The number of nitrogens with zero attached hydrogens (tertiary/aromatic N) is 1. The van der Waals surface area contributed by atoms with Crippen molar-refractivity contribution in [3.05, 3.63) is 94.2 Å². The minimum atomic E-state index is -0.137. The van der Waals surface area contributed by atoms with Gasteiger partial charge in [0, 0.05) is 27.7 Å². The average molecular weight is 410 g/mol. The Morgan fingerprint density at radius 1 is 0.962 bits per heavy atom. The third kappa shape index (κ3) is 4.43. The first-order chi connectivity index (χ1) is 12.5. The minimum absolute atomic E-state index is 0.0363. The highest BCUT2D eigenvalue weighted by molar-refractivity contribution is 9.10. The molecule has 1 heterocycles. The second-order valence-electron chi connectivity index (χ2n) is 5.99. The van der Waals surface area contributed by atoms with E-state index in [4.69, 9.17) is 0 Å². The highest BCUT2D eigenvalue weighted by Gasteiger charge is 2.14. The van der Waals surface area contributed by atoms with E-state index >= 15 is 0 Å². The monoisotopic (exact) mass is 409 g/mol. The molecule has 0 aliphatic rings. The van der Waals surface area contributed by atoms with Crippen LogP contribution in [0.25, 0.3) is 0 Å². The Labute approximate surface area is 160 Å². The highest BCUT2D eigenvalue weighted by atomic mass is 79.9. The summed E-state index contributed by atoms with van der Waals surface area (Å²) in [5, 5.41) is 2.88. The maximum Gasteiger partial charge on any atom is 0.290 e. The quantitative estimate of drug-likeness (QED) is 0.512. The first kappa shape index (κ1) is 18.0. The average Bonchev–Trinajstić information content (AvgIpc) is 2.65.